The highest BCUT2D eigenvalue weighted by Gasteiger charge is 2.19. The van der Waals surface area contributed by atoms with E-state index in [0.717, 1.165) is 38.5 Å². The standard InChI is InChI=1S/C17H26N2O/c1-13-5-7-14(8-6-13)3-2-4-17(20)19-16-11-9-15(18)10-12-16/h5-8,15-16H,2-4,9-12,18H2,1H3,(H,19,20). The molecule has 1 aromatic carbocycles. The van der Waals surface area contributed by atoms with Crippen molar-refractivity contribution >= 4 is 5.91 Å². The Kier molecular flexibility index (Phi) is 5.60. The topological polar surface area (TPSA) is 55.1 Å². The van der Waals surface area contributed by atoms with E-state index in [9.17, 15) is 4.79 Å². The fourth-order valence-electron chi connectivity index (χ4n) is 2.77. The fraction of sp³-hybridized carbons (Fsp3) is 0.588. The fourth-order valence-corrected chi connectivity index (χ4v) is 2.77. The molecular formula is C17H26N2O. The molecule has 0 aliphatic heterocycles. The first-order valence-corrected chi connectivity index (χ1v) is 7.74. The molecule has 1 amide bonds. The van der Waals surface area contributed by atoms with Crippen LogP contribution < -0.4 is 11.1 Å². The number of amides is 1. The van der Waals surface area contributed by atoms with E-state index in [1.807, 2.05) is 0 Å². The Bertz CT molecular complexity index is 419. The zero-order chi connectivity index (χ0) is 14.4. The van der Waals surface area contributed by atoms with Crippen LogP contribution in [0.2, 0.25) is 0 Å². The summed E-state index contributed by atoms with van der Waals surface area (Å²) in [7, 11) is 0. The van der Waals surface area contributed by atoms with Gasteiger partial charge in [0.05, 0.1) is 0 Å². The van der Waals surface area contributed by atoms with Gasteiger partial charge >= 0.3 is 0 Å². The van der Waals surface area contributed by atoms with Gasteiger partial charge in [-0.05, 0) is 51.0 Å². The number of nitrogens with one attached hydrogen (secondary N) is 1. The van der Waals surface area contributed by atoms with Crippen LogP contribution in [0.25, 0.3) is 0 Å². The van der Waals surface area contributed by atoms with Crippen LogP contribution in [0.4, 0.5) is 0 Å². The highest BCUT2D eigenvalue weighted by Crippen LogP contribution is 2.17. The Balaban J connectivity index is 1.64. The molecule has 0 saturated heterocycles. The molecule has 0 spiro atoms. The number of nitrogens with two attached hydrogens (primary N) is 1. The van der Waals surface area contributed by atoms with Gasteiger partial charge in [-0.1, -0.05) is 29.8 Å². The lowest BCUT2D eigenvalue weighted by Crippen LogP contribution is -2.40. The maximum atomic E-state index is 11.9. The first kappa shape index (κ1) is 15.0. The van der Waals surface area contributed by atoms with Crippen LogP contribution >= 0.6 is 0 Å². The van der Waals surface area contributed by atoms with Crippen molar-refractivity contribution in [1.29, 1.82) is 0 Å². The minimum atomic E-state index is 0.192. The molecule has 3 heteroatoms. The van der Waals surface area contributed by atoms with Crippen LogP contribution in [0.5, 0.6) is 0 Å². The summed E-state index contributed by atoms with van der Waals surface area (Å²) in [5.41, 5.74) is 8.46. The minimum Gasteiger partial charge on any atom is -0.353 e. The molecule has 0 radical (unpaired) electrons. The van der Waals surface area contributed by atoms with Crippen LogP contribution in [0.3, 0.4) is 0 Å². The zero-order valence-electron chi connectivity index (χ0n) is 12.4. The maximum absolute atomic E-state index is 11.9. The zero-order valence-corrected chi connectivity index (χ0v) is 12.4. The van der Waals surface area contributed by atoms with Crippen LogP contribution in [0, 0.1) is 6.92 Å². The molecule has 3 nitrogen and oxygen atoms in total. The van der Waals surface area contributed by atoms with Crippen LogP contribution in [-0.2, 0) is 11.2 Å². The molecule has 110 valence electrons. The van der Waals surface area contributed by atoms with Gasteiger partial charge in [0.25, 0.3) is 0 Å². The Morgan fingerprint density at radius 2 is 1.85 bits per heavy atom. The van der Waals surface area contributed by atoms with E-state index in [2.05, 4.69) is 36.5 Å². The molecule has 1 fully saturated rings. The van der Waals surface area contributed by atoms with E-state index in [4.69, 9.17) is 5.73 Å². The van der Waals surface area contributed by atoms with E-state index < -0.39 is 0 Å². The molecular weight excluding hydrogens is 248 g/mol. The molecule has 1 aromatic rings. The molecule has 0 atom stereocenters. The number of aryl methyl sites for hydroxylation is 2. The summed E-state index contributed by atoms with van der Waals surface area (Å²) in [5.74, 6) is 0.192. The van der Waals surface area contributed by atoms with Crippen molar-refractivity contribution in [3.8, 4) is 0 Å². The number of hydrogen-bond acceptors (Lipinski definition) is 2. The van der Waals surface area contributed by atoms with Gasteiger partial charge in [-0.25, -0.2) is 0 Å². The molecule has 1 saturated carbocycles. The monoisotopic (exact) mass is 274 g/mol. The summed E-state index contributed by atoms with van der Waals surface area (Å²) in [6.07, 6.45) is 6.65. The van der Waals surface area contributed by atoms with E-state index in [-0.39, 0.29) is 5.91 Å². The third-order valence-electron chi connectivity index (χ3n) is 4.13. The molecule has 0 aromatic heterocycles. The molecule has 1 aliphatic rings. The van der Waals surface area contributed by atoms with Crippen molar-refractivity contribution in [3.05, 3.63) is 35.4 Å². The second-order valence-electron chi connectivity index (χ2n) is 6.02. The van der Waals surface area contributed by atoms with E-state index in [1.165, 1.54) is 11.1 Å². The van der Waals surface area contributed by atoms with Crippen molar-refractivity contribution in [3.63, 3.8) is 0 Å². The summed E-state index contributed by atoms with van der Waals surface area (Å²) in [5, 5.41) is 3.14. The number of benzene rings is 1. The predicted molar refractivity (Wildman–Crippen MR) is 82.5 cm³/mol. The first-order chi connectivity index (χ1) is 9.63. The van der Waals surface area contributed by atoms with Gasteiger partial charge in [0, 0.05) is 18.5 Å². The Labute approximate surface area is 121 Å². The molecule has 2 rings (SSSR count). The third kappa shape index (κ3) is 4.97. The smallest absolute Gasteiger partial charge is 0.220 e. The van der Waals surface area contributed by atoms with Crippen LogP contribution in [-0.4, -0.2) is 18.0 Å². The SMILES string of the molecule is Cc1ccc(CCCC(=O)NC2CCC(N)CC2)cc1. The second-order valence-corrected chi connectivity index (χ2v) is 6.02. The van der Waals surface area contributed by atoms with E-state index in [1.54, 1.807) is 0 Å². The highest BCUT2D eigenvalue weighted by molar-refractivity contribution is 5.76. The van der Waals surface area contributed by atoms with E-state index in [0.29, 0.717) is 18.5 Å². The number of rotatable bonds is 5. The summed E-state index contributed by atoms with van der Waals surface area (Å²) < 4.78 is 0. The minimum absolute atomic E-state index is 0.192. The largest absolute Gasteiger partial charge is 0.353 e. The average Bonchev–Trinajstić information content (AvgIpc) is 2.44. The summed E-state index contributed by atoms with van der Waals surface area (Å²) in [6.45, 7) is 2.09. The Morgan fingerprint density at radius 3 is 2.50 bits per heavy atom. The predicted octanol–water partition coefficient (Wildman–Crippen LogP) is 2.70. The molecule has 0 bridgehead atoms. The lowest BCUT2D eigenvalue weighted by Gasteiger charge is -2.26. The van der Waals surface area contributed by atoms with Crippen LogP contribution in [0.15, 0.2) is 24.3 Å². The molecule has 3 N–H and O–H groups in total. The van der Waals surface area contributed by atoms with Crippen LogP contribution in [0.1, 0.15) is 49.7 Å². The van der Waals surface area contributed by atoms with Crippen molar-refractivity contribution in [2.75, 3.05) is 0 Å². The second kappa shape index (κ2) is 7.44. The summed E-state index contributed by atoms with van der Waals surface area (Å²) in [4.78, 5) is 11.9. The van der Waals surface area contributed by atoms with Gasteiger partial charge in [-0.3, -0.25) is 4.79 Å². The molecule has 0 heterocycles. The van der Waals surface area contributed by atoms with Crippen molar-refractivity contribution in [1.82, 2.24) is 5.32 Å². The van der Waals surface area contributed by atoms with Gasteiger partial charge in [0.15, 0.2) is 0 Å². The molecule has 0 unspecified atom stereocenters. The number of hydrogen-bond donors (Lipinski definition) is 2. The average molecular weight is 274 g/mol. The third-order valence-corrected chi connectivity index (χ3v) is 4.13. The normalized spacial score (nSPS) is 22.5. The van der Waals surface area contributed by atoms with Gasteiger partial charge < -0.3 is 11.1 Å². The van der Waals surface area contributed by atoms with Crippen molar-refractivity contribution in [2.24, 2.45) is 5.73 Å². The molecule has 1 aliphatic carbocycles. The van der Waals surface area contributed by atoms with Gasteiger partial charge in [0.2, 0.25) is 5.91 Å². The molecule has 20 heavy (non-hydrogen) atoms. The lowest BCUT2D eigenvalue weighted by atomic mass is 9.92. The van der Waals surface area contributed by atoms with Crippen molar-refractivity contribution in [2.45, 2.75) is 64.0 Å². The van der Waals surface area contributed by atoms with Gasteiger partial charge in [-0.2, -0.15) is 0 Å². The van der Waals surface area contributed by atoms with Gasteiger partial charge in [-0.15, -0.1) is 0 Å². The summed E-state index contributed by atoms with van der Waals surface area (Å²) >= 11 is 0. The number of carbonyl (C=O) groups is 1. The van der Waals surface area contributed by atoms with Crippen molar-refractivity contribution < 1.29 is 4.79 Å². The number of carbonyl (C=O) groups excluding carboxylic acids is 1. The van der Waals surface area contributed by atoms with Gasteiger partial charge in [0.1, 0.15) is 0 Å². The maximum Gasteiger partial charge on any atom is 0.220 e. The summed E-state index contributed by atoms with van der Waals surface area (Å²) in [6, 6.07) is 9.23. The Hall–Kier alpha value is -1.35. The first-order valence-electron chi connectivity index (χ1n) is 7.74. The van der Waals surface area contributed by atoms with E-state index >= 15 is 0 Å². The quantitative estimate of drug-likeness (QED) is 0.867. The lowest BCUT2D eigenvalue weighted by molar-refractivity contribution is -0.122. The highest BCUT2D eigenvalue weighted by atomic mass is 16.1. The Morgan fingerprint density at radius 1 is 1.20 bits per heavy atom.